The second-order valence-corrected chi connectivity index (χ2v) is 10.0. The first-order valence-corrected chi connectivity index (χ1v) is 11.9. The van der Waals surface area contributed by atoms with Crippen LogP contribution in [0, 0.1) is 18.6 Å². The standard InChI is InChI=1S/C24H20ClF2NO3S/c1-15-7-10-18(14-21(15)27)32(30,31)28-11-3-4-17-9-8-16(12-22(17)28)13-23(29)24-19(25)5-2-6-20(24)26/h2,5-10,12,14H,3-4,11,13H2,1H3. The molecule has 166 valence electrons. The monoisotopic (exact) mass is 475 g/mol. The molecule has 0 fully saturated rings. The summed E-state index contributed by atoms with van der Waals surface area (Å²) in [5, 5.41) is 0.0264. The zero-order valence-electron chi connectivity index (χ0n) is 17.2. The molecule has 0 amide bonds. The van der Waals surface area contributed by atoms with Crippen molar-refractivity contribution in [3.63, 3.8) is 0 Å². The van der Waals surface area contributed by atoms with Crippen molar-refractivity contribution in [2.24, 2.45) is 0 Å². The van der Waals surface area contributed by atoms with Crippen LogP contribution in [0.2, 0.25) is 5.02 Å². The van der Waals surface area contributed by atoms with E-state index in [4.69, 9.17) is 11.6 Å². The highest BCUT2D eigenvalue weighted by atomic mass is 35.5. The van der Waals surface area contributed by atoms with Gasteiger partial charge in [0.2, 0.25) is 0 Å². The Bertz CT molecular complexity index is 1300. The average molecular weight is 476 g/mol. The predicted octanol–water partition coefficient (Wildman–Crippen LogP) is 5.49. The van der Waals surface area contributed by atoms with Crippen LogP contribution in [-0.4, -0.2) is 20.7 Å². The molecule has 0 bridgehead atoms. The van der Waals surface area contributed by atoms with Gasteiger partial charge in [-0.15, -0.1) is 0 Å². The maximum atomic E-state index is 14.1. The van der Waals surface area contributed by atoms with Crippen molar-refractivity contribution in [3.05, 3.63) is 93.5 Å². The van der Waals surface area contributed by atoms with Crippen LogP contribution in [0.3, 0.4) is 0 Å². The summed E-state index contributed by atoms with van der Waals surface area (Å²) in [6.07, 6.45) is 1.15. The Balaban J connectivity index is 1.69. The topological polar surface area (TPSA) is 54.5 Å². The van der Waals surface area contributed by atoms with Gasteiger partial charge in [0.05, 0.1) is 21.2 Å². The quantitative estimate of drug-likeness (QED) is 0.458. The van der Waals surface area contributed by atoms with Crippen LogP contribution in [0.1, 0.15) is 33.5 Å². The molecule has 0 aromatic heterocycles. The number of ketones is 1. The number of hydrogen-bond donors (Lipinski definition) is 0. The molecule has 0 saturated carbocycles. The summed E-state index contributed by atoms with van der Waals surface area (Å²) in [5.74, 6) is -1.80. The van der Waals surface area contributed by atoms with Gasteiger partial charge in [-0.05, 0) is 66.8 Å². The number of fused-ring (bicyclic) bond motifs is 1. The highest BCUT2D eigenvalue weighted by molar-refractivity contribution is 7.92. The fraction of sp³-hybridized carbons (Fsp3) is 0.208. The number of hydrogen-bond acceptors (Lipinski definition) is 3. The molecule has 0 N–H and O–H groups in total. The number of nitrogens with zero attached hydrogens (tertiary/aromatic N) is 1. The van der Waals surface area contributed by atoms with Crippen LogP contribution in [-0.2, 0) is 22.9 Å². The first kappa shape index (κ1) is 22.4. The number of carbonyl (C=O) groups is 1. The summed E-state index contributed by atoms with van der Waals surface area (Å²) in [4.78, 5) is 12.6. The van der Waals surface area contributed by atoms with E-state index in [1.54, 1.807) is 25.1 Å². The fourth-order valence-corrected chi connectivity index (χ4v) is 5.66. The van der Waals surface area contributed by atoms with Gasteiger partial charge in [-0.2, -0.15) is 0 Å². The third-order valence-corrected chi connectivity index (χ3v) is 7.69. The van der Waals surface area contributed by atoms with Gasteiger partial charge >= 0.3 is 0 Å². The van der Waals surface area contributed by atoms with Gasteiger partial charge in [0.15, 0.2) is 5.78 Å². The van der Waals surface area contributed by atoms with Crippen LogP contribution >= 0.6 is 11.6 Å². The largest absolute Gasteiger partial charge is 0.294 e. The minimum atomic E-state index is -4.00. The van der Waals surface area contributed by atoms with Crippen molar-refractivity contribution in [3.8, 4) is 0 Å². The lowest BCUT2D eigenvalue weighted by atomic mass is 9.97. The van der Waals surface area contributed by atoms with E-state index < -0.39 is 27.4 Å². The van der Waals surface area contributed by atoms with Crippen LogP contribution in [0.4, 0.5) is 14.5 Å². The molecule has 0 atom stereocenters. The zero-order chi connectivity index (χ0) is 23.0. The lowest BCUT2D eigenvalue weighted by molar-refractivity contribution is 0.0989. The predicted molar refractivity (Wildman–Crippen MR) is 120 cm³/mol. The van der Waals surface area contributed by atoms with E-state index in [9.17, 15) is 22.0 Å². The number of benzene rings is 3. The first-order chi connectivity index (χ1) is 15.2. The molecule has 0 saturated heterocycles. The maximum Gasteiger partial charge on any atom is 0.264 e. The molecule has 4 rings (SSSR count). The number of rotatable bonds is 5. The number of Topliss-reactive ketones (excluding diaryl/α,β-unsaturated/α-hetero) is 1. The van der Waals surface area contributed by atoms with Crippen molar-refractivity contribution in [1.29, 1.82) is 0 Å². The average Bonchev–Trinajstić information content (AvgIpc) is 2.75. The van der Waals surface area contributed by atoms with Gasteiger partial charge in [-0.1, -0.05) is 35.9 Å². The van der Waals surface area contributed by atoms with Crippen LogP contribution in [0.15, 0.2) is 59.5 Å². The zero-order valence-corrected chi connectivity index (χ0v) is 18.8. The SMILES string of the molecule is Cc1ccc(S(=O)(=O)N2CCCc3ccc(CC(=O)c4c(F)cccc4Cl)cc32)cc1F. The van der Waals surface area contributed by atoms with Gasteiger partial charge < -0.3 is 0 Å². The summed E-state index contributed by atoms with van der Waals surface area (Å²) in [6.45, 7) is 1.80. The summed E-state index contributed by atoms with van der Waals surface area (Å²) in [6, 6.07) is 13.0. The third-order valence-electron chi connectivity index (χ3n) is 5.56. The Kier molecular flexibility index (Phi) is 6.05. The van der Waals surface area contributed by atoms with E-state index in [2.05, 4.69) is 0 Å². The number of aryl methyl sites for hydroxylation is 2. The Morgan fingerprint density at radius 2 is 1.84 bits per heavy atom. The second kappa shape index (κ2) is 8.64. The van der Waals surface area contributed by atoms with Crippen molar-refractivity contribution in [2.75, 3.05) is 10.8 Å². The van der Waals surface area contributed by atoms with Gasteiger partial charge in [-0.3, -0.25) is 9.10 Å². The molecule has 1 heterocycles. The molecule has 8 heteroatoms. The molecule has 0 spiro atoms. The lowest BCUT2D eigenvalue weighted by Crippen LogP contribution is -2.35. The van der Waals surface area contributed by atoms with E-state index in [1.165, 1.54) is 34.6 Å². The normalized spacial score (nSPS) is 13.7. The van der Waals surface area contributed by atoms with E-state index >= 15 is 0 Å². The lowest BCUT2D eigenvalue weighted by Gasteiger charge is -2.31. The molecule has 1 aliphatic heterocycles. The second-order valence-electron chi connectivity index (χ2n) is 7.75. The van der Waals surface area contributed by atoms with Gasteiger partial charge in [0.1, 0.15) is 11.6 Å². The summed E-state index contributed by atoms with van der Waals surface area (Å²) in [5.41, 5.74) is 1.96. The maximum absolute atomic E-state index is 14.1. The molecule has 1 aliphatic rings. The van der Waals surface area contributed by atoms with Crippen LogP contribution in [0.5, 0.6) is 0 Å². The summed E-state index contributed by atoms with van der Waals surface area (Å²) in [7, 11) is -4.00. The number of halogens is 3. The molecular formula is C24H20ClF2NO3S. The molecule has 0 aliphatic carbocycles. The summed E-state index contributed by atoms with van der Waals surface area (Å²) >= 11 is 6.00. The molecular weight excluding hydrogens is 456 g/mol. The van der Waals surface area contributed by atoms with E-state index in [-0.39, 0.29) is 28.4 Å². The Morgan fingerprint density at radius 3 is 2.56 bits per heavy atom. The smallest absolute Gasteiger partial charge is 0.264 e. The van der Waals surface area contributed by atoms with Crippen molar-refractivity contribution in [2.45, 2.75) is 31.1 Å². The Morgan fingerprint density at radius 1 is 1.06 bits per heavy atom. The van der Waals surface area contributed by atoms with E-state index in [1.807, 2.05) is 0 Å². The van der Waals surface area contributed by atoms with Crippen molar-refractivity contribution >= 4 is 33.1 Å². The number of sulfonamides is 1. The molecule has 3 aromatic carbocycles. The number of anilines is 1. The molecule has 32 heavy (non-hydrogen) atoms. The van der Waals surface area contributed by atoms with Crippen LogP contribution < -0.4 is 4.31 Å². The molecule has 3 aromatic rings. The van der Waals surface area contributed by atoms with Gasteiger partial charge in [0, 0.05) is 13.0 Å². The van der Waals surface area contributed by atoms with Gasteiger partial charge in [-0.25, -0.2) is 17.2 Å². The highest BCUT2D eigenvalue weighted by Gasteiger charge is 2.30. The first-order valence-electron chi connectivity index (χ1n) is 10.1. The highest BCUT2D eigenvalue weighted by Crippen LogP contribution is 2.34. The Labute approximate surface area is 190 Å². The third kappa shape index (κ3) is 4.14. The number of carbonyl (C=O) groups excluding carboxylic acids is 1. The van der Waals surface area contributed by atoms with E-state index in [0.717, 1.165) is 11.6 Å². The minimum Gasteiger partial charge on any atom is -0.294 e. The van der Waals surface area contributed by atoms with Crippen molar-refractivity contribution in [1.82, 2.24) is 0 Å². The fourth-order valence-electron chi connectivity index (χ4n) is 3.85. The van der Waals surface area contributed by atoms with E-state index in [0.29, 0.717) is 29.7 Å². The molecule has 0 radical (unpaired) electrons. The van der Waals surface area contributed by atoms with Crippen molar-refractivity contribution < 1.29 is 22.0 Å². The Hall–Kier alpha value is -2.77. The van der Waals surface area contributed by atoms with Crippen LogP contribution in [0.25, 0.3) is 0 Å². The summed E-state index contributed by atoms with van der Waals surface area (Å²) < 4.78 is 56.0. The molecule has 0 unspecified atom stereocenters. The van der Waals surface area contributed by atoms with Gasteiger partial charge in [0.25, 0.3) is 10.0 Å². The minimum absolute atomic E-state index is 0.0264. The molecule has 4 nitrogen and oxygen atoms in total.